The number of methoxy groups -OCH3 is 2. The van der Waals surface area contributed by atoms with Crippen LogP contribution in [0.5, 0.6) is 5.75 Å². The summed E-state index contributed by atoms with van der Waals surface area (Å²) in [4.78, 5) is 27.5. The van der Waals surface area contributed by atoms with Gasteiger partial charge in [-0.25, -0.2) is 4.79 Å². The van der Waals surface area contributed by atoms with E-state index in [4.69, 9.17) is 14.0 Å². The summed E-state index contributed by atoms with van der Waals surface area (Å²) >= 11 is 0. The largest absolute Gasteiger partial charge is 0.497 e. The molecule has 2 aromatic rings. The number of carbonyl (C=O) groups excluding carboxylic acids is 1. The molecule has 2 N–H and O–H groups in total. The van der Waals surface area contributed by atoms with Crippen molar-refractivity contribution in [3.8, 4) is 17.1 Å². The van der Waals surface area contributed by atoms with E-state index in [2.05, 4.69) is 15.5 Å². The van der Waals surface area contributed by atoms with Crippen LogP contribution in [0.4, 0.5) is 0 Å². The summed E-state index contributed by atoms with van der Waals surface area (Å²) in [6.07, 6.45) is 0.203. The minimum Gasteiger partial charge on any atom is -0.497 e. The van der Waals surface area contributed by atoms with Crippen LogP contribution in [0.1, 0.15) is 19.2 Å². The first kappa shape index (κ1) is 19.4. The highest BCUT2D eigenvalue weighted by molar-refractivity contribution is 5.86. The van der Waals surface area contributed by atoms with Crippen LogP contribution >= 0.6 is 0 Å². The summed E-state index contributed by atoms with van der Waals surface area (Å²) in [7, 11) is 2.95. The second-order valence-electron chi connectivity index (χ2n) is 5.86. The van der Waals surface area contributed by atoms with Crippen LogP contribution in [0.2, 0.25) is 0 Å². The number of nitrogens with one attached hydrogen (secondary N) is 1. The number of carbonyl (C=O) groups is 2. The molecule has 0 aliphatic rings. The van der Waals surface area contributed by atoms with Gasteiger partial charge in [-0.2, -0.15) is 4.98 Å². The van der Waals surface area contributed by atoms with Gasteiger partial charge >= 0.3 is 5.97 Å². The highest BCUT2D eigenvalue weighted by Gasteiger charge is 2.34. The Morgan fingerprint density at radius 1 is 1.27 bits per heavy atom. The van der Waals surface area contributed by atoms with E-state index in [0.29, 0.717) is 11.6 Å². The van der Waals surface area contributed by atoms with Crippen molar-refractivity contribution < 1.29 is 28.7 Å². The Balaban J connectivity index is 1.94. The Labute approximate surface area is 150 Å². The van der Waals surface area contributed by atoms with Gasteiger partial charge in [0.25, 0.3) is 0 Å². The number of rotatable bonds is 9. The van der Waals surface area contributed by atoms with Crippen LogP contribution in [0.3, 0.4) is 0 Å². The predicted octanol–water partition coefficient (Wildman–Crippen LogP) is 1.28. The van der Waals surface area contributed by atoms with E-state index in [1.165, 1.54) is 14.0 Å². The van der Waals surface area contributed by atoms with Gasteiger partial charge in [0.1, 0.15) is 5.75 Å². The van der Waals surface area contributed by atoms with E-state index in [-0.39, 0.29) is 25.3 Å². The summed E-state index contributed by atoms with van der Waals surface area (Å²) in [5.74, 6) is -0.220. The van der Waals surface area contributed by atoms with Crippen LogP contribution in [-0.2, 0) is 20.7 Å². The van der Waals surface area contributed by atoms with Gasteiger partial charge in [0.05, 0.1) is 13.7 Å². The van der Waals surface area contributed by atoms with E-state index in [1.807, 2.05) is 0 Å². The SMILES string of the molecule is COCC(C)(NC(=O)CCc1nc(-c2ccc(OC)cc2)no1)C(=O)O. The number of ether oxygens (including phenoxy) is 2. The number of carboxylic acids is 1. The Morgan fingerprint density at radius 3 is 2.54 bits per heavy atom. The zero-order valence-corrected chi connectivity index (χ0v) is 14.8. The van der Waals surface area contributed by atoms with E-state index >= 15 is 0 Å². The molecule has 1 aromatic carbocycles. The van der Waals surface area contributed by atoms with Crippen LogP contribution in [0.25, 0.3) is 11.4 Å². The monoisotopic (exact) mass is 363 g/mol. The lowest BCUT2D eigenvalue weighted by Crippen LogP contribution is -2.55. The smallest absolute Gasteiger partial charge is 0.331 e. The minimum atomic E-state index is -1.49. The molecule has 0 spiro atoms. The molecule has 0 aliphatic carbocycles. The fraction of sp³-hybridized carbons (Fsp3) is 0.412. The lowest BCUT2D eigenvalue weighted by atomic mass is 10.0. The number of aromatic nitrogens is 2. The lowest BCUT2D eigenvalue weighted by Gasteiger charge is -2.25. The number of benzene rings is 1. The molecule has 140 valence electrons. The van der Waals surface area contributed by atoms with Gasteiger partial charge in [-0.05, 0) is 31.2 Å². The zero-order chi connectivity index (χ0) is 19.2. The highest BCUT2D eigenvalue weighted by Crippen LogP contribution is 2.20. The second-order valence-corrected chi connectivity index (χ2v) is 5.86. The summed E-state index contributed by atoms with van der Waals surface area (Å²) < 4.78 is 15.1. The average molecular weight is 363 g/mol. The molecule has 1 aromatic heterocycles. The molecular weight excluding hydrogens is 342 g/mol. The van der Waals surface area contributed by atoms with Crippen LogP contribution in [-0.4, -0.2) is 53.5 Å². The van der Waals surface area contributed by atoms with Gasteiger partial charge in [0.15, 0.2) is 5.54 Å². The molecule has 9 heteroatoms. The molecule has 1 atom stereocenters. The standard InChI is InChI=1S/C17H21N3O6/c1-17(10-24-2,16(22)23)19-13(21)8-9-14-18-15(20-26-14)11-4-6-12(25-3)7-5-11/h4-7H,8-10H2,1-3H3,(H,19,21)(H,22,23). The van der Waals surface area contributed by atoms with E-state index < -0.39 is 17.4 Å². The third-order valence-electron chi connectivity index (χ3n) is 3.70. The van der Waals surface area contributed by atoms with Crippen molar-refractivity contribution in [1.82, 2.24) is 15.5 Å². The second kappa shape index (κ2) is 8.43. The van der Waals surface area contributed by atoms with E-state index in [1.54, 1.807) is 31.4 Å². The summed E-state index contributed by atoms with van der Waals surface area (Å²) in [5.41, 5.74) is -0.738. The van der Waals surface area contributed by atoms with Crippen molar-refractivity contribution in [2.24, 2.45) is 0 Å². The molecule has 2 rings (SSSR count). The molecular formula is C17H21N3O6. The minimum absolute atomic E-state index is 0.0107. The maximum atomic E-state index is 12.0. The maximum Gasteiger partial charge on any atom is 0.331 e. The lowest BCUT2D eigenvalue weighted by molar-refractivity contribution is -0.149. The molecule has 0 saturated heterocycles. The summed E-state index contributed by atoms with van der Waals surface area (Å²) in [6, 6.07) is 7.15. The van der Waals surface area contributed by atoms with Gasteiger partial charge in [-0.1, -0.05) is 5.16 Å². The fourth-order valence-corrected chi connectivity index (χ4v) is 2.24. The molecule has 0 bridgehead atoms. The van der Waals surface area contributed by atoms with Crippen molar-refractivity contribution in [3.63, 3.8) is 0 Å². The maximum absolute atomic E-state index is 12.0. The number of carboxylic acid groups (broad SMARTS) is 1. The molecule has 0 radical (unpaired) electrons. The Kier molecular flexibility index (Phi) is 6.29. The first-order valence-electron chi connectivity index (χ1n) is 7.88. The number of nitrogens with zero attached hydrogens (tertiary/aromatic N) is 2. The molecule has 26 heavy (non-hydrogen) atoms. The molecule has 1 heterocycles. The Hall–Kier alpha value is -2.94. The zero-order valence-electron chi connectivity index (χ0n) is 14.8. The van der Waals surface area contributed by atoms with Gasteiger partial charge < -0.3 is 24.4 Å². The molecule has 0 saturated carbocycles. The van der Waals surface area contributed by atoms with Crippen molar-refractivity contribution in [3.05, 3.63) is 30.2 Å². The predicted molar refractivity (Wildman–Crippen MR) is 90.7 cm³/mol. The van der Waals surface area contributed by atoms with Gasteiger partial charge in [0, 0.05) is 25.5 Å². The van der Waals surface area contributed by atoms with Crippen LogP contribution in [0, 0.1) is 0 Å². The molecule has 0 fully saturated rings. The molecule has 1 unspecified atom stereocenters. The van der Waals surface area contributed by atoms with Crippen molar-refractivity contribution >= 4 is 11.9 Å². The summed E-state index contributed by atoms with van der Waals surface area (Å²) in [6.45, 7) is 1.24. The normalized spacial score (nSPS) is 13.0. The van der Waals surface area contributed by atoms with Gasteiger partial charge in [-0.15, -0.1) is 0 Å². The topological polar surface area (TPSA) is 124 Å². The van der Waals surface area contributed by atoms with Crippen molar-refractivity contribution in [1.29, 1.82) is 0 Å². The Morgan fingerprint density at radius 2 is 1.96 bits per heavy atom. The summed E-state index contributed by atoms with van der Waals surface area (Å²) in [5, 5.41) is 15.5. The number of aliphatic carboxylic acids is 1. The Bertz CT molecular complexity index is 758. The molecule has 9 nitrogen and oxygen atoms in total. The number of amides is 1. The van der Waals surface area contributed by atoms with Crippen LogP contribution < -0.4 is 10.1 Å². The highest BCUT2D eigenvalue weighted by atomic mass is 16.5. The molecule has 1 amide bonds. The number of aryl methyl sites for hydroxylation is 1. The van der Waals surface area contributed by atoms with Crippen LogP contribution in [0.15, 0.2) is 28.8 Å². The van der Waals surface area contributed by atoms with Crippen molar-refractivity contribution in [2.45, 2.75) is 25.3 Å². The van der Waals surface area contributed by atoms with Crippen molar-refractivity contribution in [2.75, 3.05) is 20.8 Å². The quantitative estimate of drug-likeness (QED) is 0.683. The first-order valence-corrected chi connectivity index (χ1v) is 7.88. The first-order chi connectivity index (χ1) is 12.4. The number of hydrogen-bond acceptors (Lipinski definition) is 7. The van der Waals surface area contributed by atoms with Gasteiger partial charge in [-0.3, -0.25) is 4.79 Å². The third-order valence-corrected chi connectivity index (χ3v) is 3.70. The van der Waals surface area contributed by atoms with E-state index in [9.17, 15) is 14.7 Å². The fourth-order valence-electron chi connectivity index (χ4n) is 2.24. The third kappa shape index (κ3) is 4.79. The van der Waals surface area contributed by atoms with E-state index in [0.717, 1.165) is 5.56 Å². The van der Waals surface area contributed by atoms with Gasteiger partial charge in [0.2, 0.25) is 17.6 Å². The average Bonchev–Trinajstić information content (AvgIpc) is 3.09. The molecule has 0 aliphatic heterocycles. The number of hydrogen-bond donors (Lipinski definition) is 2.